The summed E-state index contributed by atoms with van der Waals surface area (Å²) < 4.78 is 0. The molecule has 6 nitrogen and oxygen atoms in total. The normalized spacial score (nSPS) is 10.9. The van der Waals surface area contributed by atoms with Crippen molar-refractivity contribution < 1.29 is 4.79 Å². The molecule has 6 heteroatoms. The lowest BCUT2D eigenvalue weighted by Crippen LogP contribution is -2.20. The van der Waals surface area contributed by atoms with Gasteiger partial charge in [0.2, 0.25) is 11.7 Å². The van der Waals surface area contributed by atoms with Crippen LogP contribution in [0.25, 0.3) is 11.4 Å². The maximum Gasteiger partial charge on any atom is 0.248 e. The minimum Gasteiger partial charge on any atom is -0.324 e. The lowest BCUT2D eigenvalue weighted by molar-refractivity contribution is -0.117. The quantitative estimate of drug-likeness (QED) is 0.775. The van der Waals surface area contributed by atoms with E-state index in [4.69, 9.17) is 0 Å². The van der Waals surface area contributed by atoms with Gasteiger partial charge in [-0.2, -0.15) is 4.80 Å². The van der Waals surface area contributed by atoms with Crippen LogP contribution in [0.3, 0.4) is 0 Å². The summed E-state index contributed by atoms with van der Waals surface area (Å²) in [6, 6.07) is 15.7. The Balaban J connectivity index is 1.68. The summed E-state index contributed by atoms with van der Waals surface area (Å²) in [5.74, 6) is 0.743. The van der Waals surface area contributed by atoms with Crippen molar-refractivity contribution in [1.29, 1.82) is 0 Å². The summed E-state index contributed by atoms with van der Waals surface area (Å²) in [6.45, 7) is 6.25. The van der Waals surface area contributed by atoms with E-state index in [0.29, 0.717) is 11.7 Å². The Kier molecular flexibility index (Phi) is 4.88. The molecule has 3 aromatic rings. The Labute approximate surface area is 146 Å². The first-order valence-corrected chi connectivity index (χ1v) is 8.26. The average Bonchev–Trinajstić information content (AvgIpc) is 3.03. The van der Waals surface area contributed by atoms with Crippen molar-refractivity contribution in [2.45, 2.75) is 33.2 Å². The molecule has 0 radical (unpaired) electrons. The number of aryl methyl sites for hydroxylation is 1. The van der Waals surface area contributed by atoms with E-state index in [2.05, 4.69) is 34.6 Å². The molecule has 0 atom stereocenters. The molecular formula is C19H21N5O. The van der Waals surface area contributed by atoms with E-state index in [9.17, 15) is 4.79 Å². The van der Waals surface area contributed by atoms with Crippen LogP contribution in [0.4, 0.5) is 5.69 Å². The molecule has 0 unspecified atom stereocenters. The molecule has 0 bridgehead atoms. The molecule has 0 saturated carbocycles. The minimum absolute atomic E-state index is 0.0186. The number of tetrazole rings is 1. The molecule has 0 aliphatic rings. The molecular weight excluding hydrogens is 314 g/mol. The first-order valence-electron chi connectivity index (χ1n) is 8.26. The third-order valence-corrected chi connectivity index (χ3v) is 3.96. The van der Waals surface area contributed by atoms with E-state index in [1.54, 1.807) is 0 Å². The number of carbonyl (C=O) groups excluding carboxylic acids is 1. The van der Waals surface area contributed by atoms with Crippen molar-refractivity contribution in [3.63, 3.8) is 0 Å². The third kappa shape index (κ3) is 4.09. The van der Waals surface area contributed by atoms with Gasteiger partial charge in [0.05, 0.1) is 0 Å². The van der Waals surface area contributed by atoms with Crippen LogP contribution in [-0.4, -0.2) is 26.1 Å². The number of rotatable bonds is 5. The number of hydrogen-bond acceptors (Lipinski definition) is 4. The Hall–Kier alpha value is -3.02. The van der Waals surface area contributed by atoms with Crippen LogP contribution in [-0.2, 0) is 11.3 Å². The van der Waals surface area contributed by atoms with Crippen LogP contribution in [0, 0.1) is 6.92 Å². The van der Waals surface area contributed by atoms with E-state index in [0.717, 1.165) is 16.8 Å². The monoisotopic (exact) mass is 335 g/mol. The Morgan fingerprint density at radius 2 is 1.96 bits per heavy atom. The molecule has 0 fully saturated rings. The van der Waals surface area contributed by atoms with Crippen molar-refractivity contribution in [3.05, 3.63) is 59.7 Å². The molecule has 1 amide bonds. The summed E-state index contributed by atoms with van der Waals surface area (Å²) in [4.78, 5) is 13.5. The lowest BCUT2D eigenvalue weighted by Gasteiger charge is -2.09. The van der Waals surface area contributed by atoms with Gasteiger partial charge in [0, 0.05) is 11.3 Å². The molecule has 0 aliphatic carbocycles. The van der Waals surface area contributed by atoms with Gasteiger partial charge < -0.3 is 5.32 Å². The topological polar surface area (TPSA) is 72.7 Å². The predicted molar refractivity (Wildman–Crippen MR) is 97.2 cm³/mol. The fourth-order valence-electron chi connectivity index (χ4n) is 2.55. The van der Waals surface area contributed by atoms with Crippen LogP contribution < -0.4 is 5.32 Å². The zero-order valence-electron chi connectivity index (χ0n) is 14.6. The van der Waals surface area contributed by atoms with E-state index in [1.165, 1.54) is 10.4 Å². The van der Waals surface area contributed by atoms with Gasteiger partial charge in [-0.25, -0.2) is 0 Å². The Morgan fingerprint density at radius 1 is 1.16 bits per heavy atom. The van der Waals surface area contributed by atoms with Gasteiger partial charge in [0.15, 0.2) is 0 Å². The highest BCUT2D eigenvalue weighted by molar-refractivity contribution is 5.90. The summed E-state index contributed by atoms with van der Waals surface area (Å²) in [7, 11) is 0. The van der Waals surface area contributed by atoms with Crippen LogP contribution >= 0.6 is 0 Å². The van der Waals surface area contributed by atoms with Crippen LogP contribution in [0.5, 0.6) is 0 Å². The van der Waals surface area contributed by atoms with Crippen molar-refractivity contribution in [3.8, 4) is 11.4 Å². The maximum absolute atomic E-state index is 12.2. The second-order valence-corrected chi connectivity index (χ2v) is 6.29. The molecule has 3 rings (SSSR count). The van der Waals surface area contributed by atoms with E-state index >= 15 is 0 Å². The molecule has 1 heterocycles. The highest BCUT2D eigenvalue weighted by Crippen LogP contribution is 2.19. The number of hydrogen-bond donors (Lipinski definition) is 1. The SMILES string of the molecule is Cc1ccccc1-c1nnn(CC(=O)Nc2cccc(C(C)C)c2)n1. The summed E-state index contributed by atoms with van der Waals surface area (Å²) in [5.41, 5.74) is 3.93. The van der Waals surface area contributed by atoms with Gasteiger partial charge in [0.1, 0.15) is 6.54 Å². The summed E-state index contributed by atoms with van der Waals surface area (Å²) in [6.07, 6.45) is 0. The fourth-order valence-corrected chi connectivity index (χ4v) is 2.55. The molecule has 1 aromatic heterocycles. The van der Waals surface area contributed by atoms with E-state index < -0.39 is 0 Å². The number of anilines is 1. The molecule has 128 valence electrons. The van der Waals surface area contributed by atoms with E-state index in [-0.39, 0.29) is 12.5 Å². The number of amides is 1. The fraction of sp³-hybridized carbons (Fsp3) is 0.263. The van der Waals surface area contributed by atoms with Crippen LogP contribution in [0.2, 0.25) is 0 Å². The highest BCUT2D eigenvalue weighted by atomic mass is 16.2. The van der Waals surface area contributed by atoms with Gasteiger partial charge >= 0.3 is 0 Å². The largest absolute Gasteiger partial charge is 0.324 e. The highest BCUT2D eigenvalue weighted by Gasteiger charge is 2.11. The first-order chi connectivity index (χ1) is 12.0. The molecule has 0 aliphatic heterocycles. The Bertz CT molecular complexity index is 885. The number of aromatic nitrogens is 4. The van der Waals surface area contributed by atoms with Crippen LogP contribution in [0.15, 0.2) is 48.5 Å². The number of benzene rings is 2. The average molecular weight is 335 g/mol. The zero-order chi connectivity index (χ0) is 17.8. The lowest BCUT2D eigenvalue weighted by atomic mass is 10.0. The number of carbonyl (C=O) groups is 1. The molecule has 2 aromatic carbocycles. The number of nitrogens with zero attached hydrogens (tertiary/aromatic N) is 4. The summed E-state index contributed by atoms with van der Waals surface area (Å²) in [5, 5.41) is 15.2. The van der Waals surface area contributed by atoms with E-state index in [1.807, 2.05) is 55.5 Å². The number of nitrogens with one attached hydrogen (secondary N) is 1. The van der Waals surface area contributed by atoms with Gasteiger partial charge in [-0.15, -0.1) is 10.2 Å². The second kappa shape index (κ2) is 7.25. The van der Waals surface area contributed by atoms with Gasteiger partial charge in [-0.1, -0.05) is 50.2 Å². The molecule has 25 heavy (non-hydrogen) atoms. The first kappa shape index (κ1) is 16.8. The predicted octanol–water partition coefficient (Wildman–Crippen LogP) is 3.41. The van der Waals surface area contributed by atoms with Gasteiger partial charge in [-0.3, -0.25) is 4.79 Å². The standard InChI is InChI=1S/C19H21N5O/c1-13(2)15-8-6-9-16(11-15)20-18(25)12-24-22-19(21-23-24)17-10-5-4-7-14(17)3/h4-11,13H,12H2,1-3H3,(H,20,25). The van der Waals surface area contributed by atoms with Crippen molar-refractivity contribution in [2.75, 3.05) is 5.32 Å². The zero-order valence-corrected chi connectivity index (χ0v) is 14.6. The molecule has 1 N–H and O–H groups in total. The van der Waals surface area contributed by atoms with Crippen molar-refractivity contribution in [1.82, 2.24) is 20.2 Å². The minimum atomic E-state index is -0.186. The molecule has 0 spiro atoms. The van der Waals surface area contributed by atoms with Crippen molar-refractivity contribution >= 4 is 11.6 Å². The van der Waals surface area contributed by atoms with Crippen molar-refractivity contribution in [2.24, 2.45) is 0 Å². The smallest absolute Gasteiger partial charge is 0.248 e. The summed E-state index contributed by atoms with van der Waals surface area (Å²) >= 11 is 0. The maximum atomic E-state index is 12.2. The molecule has 0 saturated heterocycles. The second-order valence-electron chi connectivity index (χ2n) is 6.29. The van der Waals surface area contributed by atoms with Gasteiger partial charge in [-0.05, 0) is 41.3 Å². The third-order valence-electron chi connectivity index (χ3n) is 3.96. The van der Waals surface area contributed by atoms with Crippen LogP contribution in [0.1, 0.15) is 30.9 Å². The Morgan fingerprint density at radius 3 is 2.72 bits per heavy atom. The van der Waals surface area contributed by atoms with Gasteiger partial charge in [0.25, 0.3) is 0 Å².